The molecule has 0 aliphatic heterocycles. The van der Waals surface area contributed by atoms with E-state index in [1.165, 1.54) is 22.3 Å². The number of likely N-dealkylation sites (N-methyl/N-ethyl adjacent to an activating group) is 1. The van der Waals surface area contributed by atoms with Gasteiger partial charge in [-0.1, -0.05) is 36.4 Å². The first-order chi connectivity index (χ1) is 7.66. The van der Waals surface area contributed by atoms with Crippen molar-refractivity contribution in [3.63, 3.8) is 0 Å². The van der Waals surface area contributed by atoms with Crippen molar-refractivity contribution in [2.24, 2.45) is 0 Å². The molecule has 2 rings (SSSR count). The molecule has 0 N–H and O–H groups in total. The summed E-state index contributed by atoms with van der Waals surface area (Å²) in [5.41, 5.74) is 5.65. The normalized spacial score (nSPS) is 15.2. The van der Waals surface area contributed by atoms with E-state index in [4.69, 9.17) is 0 Å². The van der Waals surface area contributed by atoms with Crippen molar-refractivity contribution in [3.8, 4) is 0 Å². The van der Waals surface area contributed by atoms with Crippen LogP contribution in [0.1, 0.15) is 17.5 Å². The van der Waals surface area contributed by atoms with E-state index in [0.717, 1.165) is 13.0 Å². The highest BCUT2D eigenvalue weighted by atomic mass is 15.0. The van der Waals surface area contributed by atoms with Crippen LogP contribution in [0.15, 0.2) is 42.0 Å². The van der Waals surface area contributed by atoms with Gasteiger partial charge in [0.15, 0.2) is 0 Å². The number of hydrogen-bond acceptors (Lipinski definition) is 1. The first-order valence-electron chi connectivity index (χ1n) is 5.77. The van der Waals surface area contributed by atoms with Crippen molar-refractivity contribution < 1.29 is 0 Å². The van der Waals surface area contributed by atoms with Gasteiger partial charge in [-0.3, -0.25) is 0 Å². The molecule has 0 saturated heterocycles. The maximum Gasteiger partial charge on any atom is 0.0224 e. The second kappa shape index (κ2) is 4.67. The molecule has 0 unspecified atom stereocenters. The Morgan fingerprint density at radius 2 is 1.94 bits per heavy atom. The molecule has 0 fully saturated rings. The molecule has 1 aliphatic rings. The topological polar surface area (TPSA) is 3.24 Å². The molecule has 0 aromatic heterocycles. The van der Waals surface area contributed by atoms with Crippen molar-refractivity contribution in [1.82, 2.24) is 4.90 Å². The average molecular weight is 213 g/mol. The highest BCUT2D eigenvalue weighted by molar-refractivity contribution is 5.74. The molecule has 84 valence electrons. The van der Waals surface area contributed by atoms with Crippen LogP contribution in [0.3, 0.4) is 0 Å². The van der Waals surface area contributed by atoms with Gasteiger partial charge < -0.3 is 4.90 Å². The highest BCUT2D eigenvalue weighted by Gasteiger charge is 2.10. The number of hydrogen-bond donors (Lipinski definition) is 0. The Hall–Kier alpha value is -1.34. The molecular weight excluding hydrogens is 194 g/mol. The molecule has 0 spiro atoms. The Bertz CT molecular complexity index is 439. The Balaban J connectivity index is 2.18. The molecule has 1 heteroatoms. The Labute approximate surface area is 98.1 Å². The van der Waals surface area contributed by atoms with Crippen LogP contribution in [0.5, 0.6) is 0 Å². The lowest BCUT2D eigenvalue weighted by atomic mass is 10.00. The van der Waals surface area contributed by atoms with Crippen molar-refractivity contribution in [1.29, 1.82) is 0 Å². The molecule has 0 heterocycles. The predicted molar refractivity (Wildman–Crippen MR) is 70.4 cm³/mol. The van der Waals surface area contributed by atoms with Crippen LogP contribution in [-0.2, 0) is 0 Å². The quantitative estimate of drug-likeness (QED) is 0.745. The van der Waals surface area contributed by atoms with E-state index < -0.39 is 0 Å². The fraction of sp³-hybridized carbons (Fsp3) is 0.333. The molecule has 1 nitrogen and oxygen atoms in total. The van der Waals surface area contributed by atoms with Gasteiger partial charge in [0.05, 0.1) is 0 Å². The summed E-state index contributed by atoms with van der Waals surface area (Å²) in [6, 6.07) is 8.61. The highest BCUT2D eigenvalue weighted by Crippen LogP contribution is 2.28. The number of aryl methyl sites for hydroxylation is 1. The van der Waals surface area contributed by atoms with E-state index in [1.807, 2.05) is 0 Å². The van der Waals surface area contributed by atoms with Crippen molar-refractivity contribution >= 4 is 5.57 Å². The van der Waals surface area contributed by atoms with Gasteiger partial charge in [-0.25, -0.2) is 0 Å². The summed E-state index contributed by atoms with van der Waals surface area (Å²) < 4.78 is 0. The molecule has 0 radical (unpaired) electrons. The first-order valence-corrected chi connectivity index (χ1v) is 5.77. The van der Waals surface area contributed by atoms with Gasteiger partial charge in [0.2, 0.25) is 0 Å². The second-order valence-electron chi connectivity index (χ2n) is 4.71. The van der Waals surface area contributed by atoms with Crippen LogP contribution in [0.4, 0.5) is 0 Å². The second-order valence-corrected chi connectivity index (χ2v) is 4.71. The van der Waals surface area contributed by atoms with E-state index >= 15 is 0 Å². The minimum atomic E-state index is 1.04. The third kappa shape index (κ3) is 2.42. The van der Waals surface area contributed by atoms with Gasteiger partial charge in [-0.2, -0.15) is 0 Å². The maximum atomic E-state index is 2.34. The molecule has 1 aliphatic carbocycles. The molecule has 0 bridgehead atoms. The third-order valence-corrected chi connectivity index (χ3v) is 2.93. The molecular formula is C15H19N. The van der Waals surface area contributed by atoms with Gasteiger partial charge in [0, 0.05) is 6.54 Å². The number of benzene rings is 1. The Kier molecular flexibility index (Phi) is 3.25. The van der Waals surface area contributed by atoms with Crippen LogP contribution in [0, 0.1) is 6.92 Å². The first kappa shape index (κ1) is 11.2. The van der Waals surface area contributed by atoms with Crippen LogP contribution in [0.2, 0.25) is 0 Å². The fourth-order valence-electron chi connectivity index (χ4n) is 2.18. The van der Waals surface area contributed by atoms with Gasteiger partial charge in [-0.15, -0.1) is 0 Å². The van der Waals surface area contributed by atoms with Gasteiger partial charge in [0.1, 0.15) is 0 Å². The Morgan fingerprint density at radius 3 is 2.62 bits per heavy atom. The zero-order valence-electron chi connectivity index (χ0n) is 10.3. The van der Waals surface area contributed by atoms with Gasteiger partial charge in [-0.05, 0) is 49.7 Å². The van der Waals surface area contributed by atoms with E-state index in [9.17, 15) is 0 Å². The van der Waals surface area contributed by atoms with E-state index in [1.54, 1.807) is 0 Å². The van der Waals surface area contributed by atoms with Crippen LogP contribution < -0.4 is 0 Å². The summed E-state index contributed by atoms with van der Waals surface area (Å²) in [4.78, 5) is 2.21. The van der Waals surface area contributed by atoms with E-state index in [0.29, 0.717) is 0 Å². The standard InChI is InChI=1S/C15H19N/c1-12-6-4-5-7-15(12)14-9-8-13(10-14)11-16(2)3/h4-8,10H,9,11H2,1-3H3. The summed E-state index contributed by atoms with van der Waals surface area (Å²) in [7, 11) is 4.22. The zero-order chi connectivity index (χ0) is 11.5. The molecule has 0 amide bonds. The fourth-order valence-corrected chi connectivity index (χ4v) is 2.18. The summed E-state index contributed by atoms with van der Waals surface area (Å²) in [5.74, 6) is 0. The molecule has 1 aromatic carbocycles. The van der Waals surface area contributed by atoms with Crippen LogP contribution in [0.25, 0.3) is 5.57 Å². The van der Waals surface area contributed by atoms with Gasteiger partial charge >= 0.3 is 0 Å². The zero-order valence-corrected chi connectivity index (χ0v) is 10.3. The monoisotopic (exact) mass is 213 g/mol. The van der Waals surface area contributed by atoms with Crippen molar-refractivity contribution in [2.75, 3.05) is 20.6 Å². The average Bonchev–Trinajstić information content (AvgIpc) is 2.66. The molecule has 16 heavy (non-hydrogen) atoms. The molecule has 1 aromatic rings. The van der Waals surface area contributed by atoms with Crippen molar-refractivity contribution in [3.05, 3.63) is 53.1 Å². The Morgan fingerprint density at radius 1 is 1.19 bits per heavy atom. The largest absolute Gasteiger partial charge is 0.305 e. The predicted octanol–water partition coefficient (Wildman–Crippen LogP) is 3.27. The SMILES string of the molecule is Cc1ccccc1C1=CC(CN(C)C)=CC1. The van der Waals surface area contributed by atoms with Gasteiger partial charge in [0.25, 0.3) is 0 Å². The summed E-state index contributed by atoms with van der Waals surface area (Å²) >= 11 is 0. The molecule has 0 atom stereocenters. The number of rotatable bonds is 3. The lowest BCUT2D eigenvalue weighted by Gasteiger charge is -2.08. The third-order valence-electron chi connectivity index (χ3n) is 2.93. The minimum Gasteiger partial charge on any atom is -0.305 e. The van der Waals surface area contributed by atoms with E-state index in [2.05, 4.69) is 62.3 Å². The number of nitrogens with zero attached hydrogens (tertiary/aromatic N) is 1. The van der Waals surface area contributed by atoms with Crippen LogP contribution in [-0.4, -0.2) is 25.5 Å². The smallest absolute Gasteiger partial charge is 0.0224 e. The van der Waals surface area contributed by atoms with Crippen molar-refractivity contribution in [2.45, 2.75) is 13.3 Å². The maximum absolute atomic E-state index is 2.34. The lowest BCUT2D eigenvalue weighted by molar-refractivity contribution is 0.449. The molecule has 0 saturated carbocycles. The van der Waals surface area contributed by atoms with Crippen LogP contribution >= 0.6 is 0 Å². The number of allylic oxidation sites excluding steroid dienone is 2. The summed E-state index contributed by atoms with van der Waals surface area (Å²) in [5, 5.41) is 0. The summed E-state index contributed by atoms with van der Waals surface area (Å²) in [6.07, 6.45) is 5.75. The summed E-state index contributed by atoms with van der Waals surface area (Å²) in [6.45, 7) is 3.22. The lowest BCUT2D eigenvalue weighted by Crippen LogP contribution is -2.13. The van der Waals surface area contributed by atoms with E-state index in [-0.39, 0.29) is 0 Å². The minimum absolute atomic E-state index is 1.04.